The molecule has 2 aromatic rings. The molecular weight excluding hydrogens is 384 g/mol. The van der Waals surface area contributed by atoms with Crippen molar-refractivity contribution in [1.29, 1.82) is 0 Å². The molecule has 142 valence electrons. The van der Waals surface area contributed by atoms with Crippen molar-refractivity contribution in [3.8, 4) is 0 Å². The van der Waals surface area contributed by atoms with Crippen molar-refractivity contribution in [2.24, 2.45) is 5.92 Å². The molecule has 1 aromatic heterocycles. The number of likely N-dealkylation sites (tertiary alicyclic amines) is 1. The van der Waals surface area contributed by atoms with E-state index >= 15 is 0 Å². The average Bonchev–Trinajstić information content (AvgIpc) is 3.12. The van der Waals surface area contributed by atoms with E-state index in [4.69, 9.17) is 11.6 Å². The fraction of sp³-hybridized carbons (Fsp3) is 0.263. The molecule has 2 heterocycles. The van der Waals surface area contributed by atoms with Gasteiger partial charge in [-0.2, -0.15) is 13.5 Å². The zero-order valence-corrected chi connectivity index (χ0v) is 16.4. The Morgan fingerprint density at radius 3 is 2.56 bits per heavy atom. The predicted octanol–water partition coefficient (Wildman–Crippen LogP) is 3.07. The topological polar surface area (TPSA) is 75.2 Å². The number of carbonyl (C=O) groups is 2. The van der Waals surface area contributed by atoms with Gasteiger partial charge in [-0.1, -0.05) is 18.2 Å². The van der Waals surface area contributed by atoms with E-state index in [1.165, 1.54) is 6.08 Å². The van der Waals surface area contributed by atoms with Crippen molar-refractivity contribution in [3.05, 3.63) is 65.7 Å². The summed E-state index contributed by atoms with van der Waals surface area (Å²) in [5, 5.41) is 3.18. The second kappa shape index (κ2) is 9.53. The van der Waals surface area contributed by atoms with E-state index in [0.29, 0.717) is 35.3 Å². The summed E-state index contributed by atoms with van der Waals surface area (Å²) in [7, 11) is 0. The van der Waals surface area contributed by atoms with E-state index in [9.17, 15) is 9.59 Å². The average molecular weight is 405 g/mol. The van der Waals surface area contributed by atoms with E-state index in [1.54, 1.807) is 36.7 Å². The maximum atomic E-state index is 12.7. The summed E-state index contributed by atoms with van der Waals surface area (Å²) in [6, 6.07) is 6.86. The van der Waals surface area contributed by atoms with E-state index in [2.05, 4.69) is 21.9 Å². The molecule has 3 rings (SSSR count). The lowest BCUT2D eigenvalue weighted by atomic mass is 10.0. The number of nitrogens with one attached hydrogen (secondary N) is 1. The van der Waals surface area contributed by atoms with Gasteiger partial charge in [-0.25, -0.2) is 9.97 Å². The van der Waals surface area contributed by atoms with Gasteiger partial charge in [0, 0.05) is 43.2 Å². The lowest BCUT2D eigenvalue weighted by Gasteiger charge is -2.17. The standard InChI is InChI=1S/C19H19ClN4O2.H2S/c1-2-18(25)23-16-5-3-14(4-6-16)19(26)24-8-7-13(12-24)9-17-21-10-15(20)11-22-17;/h2-6,10-11,13H,1,7-9,12H2,(H,23,25);1H2/t13-;/m0./s1. The quantitative estimate of drug-likeness (QED) is 0.777. The van der Waals surface area contributed by atoms with Crippen molar-refractivity contribution in [3.63, 3.8) is 0 Å². The van der Waals surface area contributed by atoms with Gasteiger partial charge in [0.1, 0.15) is 5.82 Å². The van der Waals surface area contributed by atoms with Gasteiger partial charge in [0.2, 0.25) is 5.91 Å². The largest absolute Gasteiger partial charge is 0.338 e. The van der Waals surface area contributed by atoms with Crippen LogP contribution in [0.5, 0.6) is 0 Å². The number of amides is 2. The van der Waals surface area contributed by atoms with Crippen LogP contribution in [-0.4, -0.2) is 39.8 Å². The molecule has 0 spiro atoms. The molecule has 1 fully saturated rings. The number of benzene rings is 1. The molecule has 1 N–H and O–H groups in total. The molecule has 0 saturated carbocycles. The van der Waals surface area contributed by atoms with Gasteiger partial charge in [0.05, 0.1) is 5.02 Å². The minimum absolute atomic E-state index is 0. The van der Waals surface area contributed by atoms with Crippen molar-refractivity contribution in [2.75, 3.05) is 18.4 Å². The number of anilines is 1. The summed E-state index contributed by atoms with van der Waals surface area (Å²) in [5.41, 5.74) is 1.23. The fourth-order valence-electron chi connectivity index (χ4n) is 2.96. The van der Waals surface area contributed by atoms with Gasteiger partial charge < -0.3 is 10.2 Å². The highest BCUT2D eigenvalue weighted by molar-refractivity contribution is 7.59. The van der Waals surface area contributed by atoms with Gasteiger partial charge in [-0.15, -0.1) is 0 Å². The first kappa shape index (κ1) is 20.9. The molecule has 6 nitrogen and oxygen atoms in total. The third-order valence-corrected chi connectivity index (χ3v) is 4.50. The van der Waals surface area contributed by atoms with Crippen LogP contribution in [-0.2, 0) is 11.2 Å². The Morgan fingerprint density at radius 1 is 1.26 bits per heavy atom. The van der Waals surface area contributed by atoms with Crippen LogP contribution in [0.25, 0.3) is 0 Å². The third kappa shape index (κ3) is 5.55. The molecule has 0 unspecified atom stereocenters. The third-order valence-electron chi connectivity index (χ3n) is 4.30. The minimum Gasteiger partial charge on any atom is -0.338 e. The van der Waals surface area contributed by atoms with E-state index in [1.807, 2.05) is 4.90 Å². The summed E-state index contributed by atoms with van der Waals surface area (Å²) in [6.45, 7) is 4.80. The zero-order valence-electron chi connectivity index (χ0n) is 14.7. The van der Waals surface area contributed by atoms with Gasteiger partial charge in [0.15, 0.2) is 0 Å². The van der Waals surface area contributed by atoms with Gasteiger partial charge in [-0.05, 0) is 42.7 Å². The van der Waals surface area contributed by atoms with Crippen LogP contribution in [0.1, 0.15) is 22.6 Å². The number of carbonyl (C=O) groups excluding carboxylic acids is 2. The summed E-state index contributed by atoms with van der Waals surface area (Å²) in [5.74, 6) is 0.796. The van der Waals surface area contributed by atoms with Crippen LogP contribution in [0, 0.1) is 5.92 Å². The Morgan fingerprint density at radius 2 is 1.93 bits per heavy atom. The Bertz CT molecular complexity index is 811. The van der Waals surface area contributed by atoms with Crippen LogP contribution in [0.15, 0.2) is 49.3 Å². The van der Waals surface area contributed by atoms with Crippen LogP contribution in [0.3, 0.4) is 0 Å². The van der Waals surface area contributed by atoms with E-state index in [-0.39, 0.29) is 25.3 Å². The lowest BCUT2D eigenvalue weighted by molar-refractivity contribution is -0.111. The molecular formula is C19H21ClN4O2S. The molecule has 27 heavy (non-hydrogen) atoms. The molecule has 2 amide bonds. The molecule has 1 aliphatic rings. The number of hydrogen-bond acceptors (Lipinski definition) is 4. The fourth-order valence-corrected chi connectivity index (χ4v) is 3.06. The smallest absolute Gasteiger partial charge is 0.253 e. The first-order valence-electron chi connectivity index (χ1n) is 8.34. The van der Waals surface area contributed by atoms with Crippen LogP contribution >= 0.6 is 25.1 Å². The van der Waals surface area contributed by atoms with E-state index in [0.717, 1.165) is 18.7 Å². The molecule has 1 saturated heterocycles. The molecule has 8 heteroatoms. The van der Waals surface area contributed by atoms with Gasteiger partial charge in [0.25, 0.3) is 5.91 Å². The van der Waals surface area contributed by atoms with Crippen LogP contribution in [0.2, 0.25) is 5.02 Å². The van der Waals surface area contributed by atoms with Crippen molar-refractivity contribution < 1.29 is 9.59 Å². The number of aromatic nitrogens is 2. The molecule has 1 aromatic carbocycles. The van der Waals surface area contributed by atoms with E-state index < -0.39 is 0 Å². The highest BCUT2D eigenvalue weighted by Gasteiger charge is 2.27. The molecule has 0 aliphatic carbocycles. The summed E-state index contributed by atoms with van der Waals surface area (Å²) in [4.78, 5) is 34.2. The zero-order chi connectivity index (χ0) is 18.5. The summed E-state index contributed by atoms with van der Waals surface area (Å²) >= 11 is 5.80. The first-order chi connectivity index (χ1) is 12.5. The molecule has 0 radical (unpaired) electrons. The number of nitrogens with zero attached hydrogens (tertiary/aromatic N) is 3. The first-order valence-corrected chi connectivity index (χ1v) is 8.72. The maximum Gasteiger partial charge on any atom is 0.253 e. The Balaban J connectivity index is 0.00000261. The Labute approximate surface area is 170 Å². The van der Waals surface area contributed by atoms with Crippen molar-refractivity contribution in [2.45, 2.75) is 12.8 Å². The van der Waals surface area contributed by atoms with Gasteiger partial charge in [-0.3, -0.25) is 9.59 Å². The highest BCUT2D eigenvalue weighted by atomic mass is 35.5. The maximum absolute atomic E-state index is 12.7. The molecule has 0 bridgehead atoms. The number of halogens is 1. The summed E-state index contributed by atoms with van der Waals surface area (Å²) < 4.78 is 0. The second-order valence-electron chi connectivity index (χ2n) is 6.20. The Hall–Kier alpha value is -2.38. The molecule has 1 aliphatic heterocycles. The summed E-state index contributed by atoms with van der Waals surface area (Å²) in [6.07, 6.45) is 6.04. The minimum atomic E-state index is -0.282. The normalized spacial score (nSPS) is 15.7. The van der Waals surface area contributed by atoms with Crippen LogP contribution in [0.4, 0.5) is 5.69 Å². The van der Waals surface area contributed by atoms with Crippen LogP contribution < -0.4 is 5.32 Å². The van der Waals surface area contributed by atoms with Crippen molar-refractivity contribution >= 4 is 42.6 Å². The number of hydrogen-bond donors (Lipinski definition) is 1. The SMILES string of the molecule is C=CC(=O)Nc1ccc(C(=O)N2CC[C@@H](Cc3ncc(Cl)cn3)C2)cc1.S. The second-order valence-corrected chi connectivity index (χ2v) is 6.63. The molecule has 1 atom stereocenters. The Kier molecular flexibility index (Phi) is 7.38. The van der Waals surface area contributed by atoms with Crippen molar-refractivity contribution in [1.82, 2.24) is 14.9 Å². The predicted molar refractivity (Wildman–Crippen MR) is 110 cm³/mol. The highest BCUT2D eigenvalue weighted by Crippen LogP contribution is 2.22. The number of rotatable bonds is 5. The lowest BCUT2D eigenvalue weighted by Crippen LogP contribution is -2.29. The van der Waals surface area contributed by atoms with Gasteiger partial charge >= 0.3 is 0 Å². The monoisotopic (exact) mass is 404 g/mol.